The molecule has 0 spiro atoms. The molecule has 0 fully saturated rings. The number of carbonyl (C=O) groups is 1. The Bertz CT molecular complexity index is 80.5. The van der Waals surface area contributed by atoms with Gasteiger partial charge in [0, 0.05) is 0 Å². The van der Waals surface area contributed by atoms with Gasteiger partial charge in [-0.25, -0.2) is 0 Å². The van der Waals surface area contributed by atoms with Crippen LogP contribution in [0.1, 0.15) is 13.8 Å². The van der Waals surface area contributed by atoms with Gasteiger partial charge in [0.05, 0.1) is 0 Å². The molecule has 0 aliphatic heterocycles. The molecule has 0 rings (SSSR count). The summed E-state index contributed by atoms with van der Waals surface area (Å²) in [6, 6.07) is 0. The van der Waals surface area contributed by atoms with Gasteiger partial charge in [-0.1, -0.05) is 0 Å². The second-order valence-electron chi connectivity index (χ2n) is 1.43. The van der Waals surface area contributed by atoms with Gasteiger partial charge in [-0.2, -0.15) is 0 Å². The van der Waals surface area contributed by atoms with Crippen LogP contribution in [0.25, 0.3) is 0 Å². The molecule has 8 heavy (non-hydrogen) atoms. The average molecular weight is 230 g/mol. The van der Waals surface area contributed by atoms with E-state index in [9.17, 15) is 4.79 Å². The van der Waals surface area contributed by atoms with Crippen molar-refractivity contribution in [2.24, 2.45) is 0 Å². The molecule has 0 bridgehead atoms. The Morgan fingerprint density at radius 1 is 1.88 bits per heavy atom. The Balaban J connectivity index is 3.33. The zero-order valence-electron chi connectivity index (χ0n) is 5.05. The van der Waals surface area contributed by atoms with E-state index in [4.69, 9.17) is 0 Å². The van der Waals surface area contributed by atoms with Crippen molar-refractivity contribution >= 4 is 28.3 Å². The predicted molar refractivity (Wildman–Crippen MR) is 33.2 cm³/mol. The Morgan fingerprint density at radius 3 is 2.50 bits per heavy atom. The number of esters is 1. The summed E-state index contributed by atoms with van der Waals surface area (Å²) in [6.45, 7) is 4.14. The molecule has 48 valence electrons. The van der Waals surface area contributed by atoms with Crippen molar-refractivity contribution in [2.75, 3.05) is 6.61 Å². The standard InChI is InChI=1S/C5H10O2Te/c1-3-7-5(6)4(2)8/h4,8H,3H2,1-2H3. The van der Waals surface area contributed by atoms with Crippen LogP contribution in [0.4, 0.5) is 0 Å². The molecule has 0 radical (unpaired) electrons. The summed E-state index contributed by atoms with van der Waals surface area (Å²) < 4.78 is 4.74. The van der Waals surface area contributed by atoms with E-state index in [1.54, 1.807) is 0 Å². The van der Waals surface area contributed by atoms with Crippen molar-refractivity contribution in [1.82, 2.24) is 0 Å². The third-order valence-electron chi connectivity index (χ3n) is 0.628. The van der Waals surface area contributed by atoms with E-state index in [-0.39, 0.29) is 9.94 Å². The number of carbonyl (C=O) groups excluding carboxylic acids is 1. The first-order valence-electron chi connectivity index (χ1n) is 2.53. The summed E-state index contributed by atoms with van der Waals surface area (Å²) in [7, 11) is 0. The van der Waals surface area contributed by atoms with Crippen molar-refractivity contribution < 1.29 is 9.53 Å². The van der Waals surface area contributed by atoms with Crippen molar-refractivity contribution in [1.29, 1.82) is 0 Å². The summed E-state index contributed by atoms with van der Waals surface area (Å²) in [5, 5.41) is 0. The fourth-order valence-electron chi connectivity index (χ4n) is 0.263. The van der Waals surface area contributed by atoms with E-state index >= 15 is 0 Å². The van der Waals surface area contributed by atoms with Gasteiger partial charge >= 0.3 is 62.2 Å². The Hall–Kier alpha value is 0.260. The molecule has 0 N–H and O–H groups in total. The fraction of sp³-hybridized carbons (Fsp3) is 0.800. The summed E-state index contributed by atoms with van der Waals surface area (Å²) >= 11 is 1.48. The molecule has 0 aromatic rings. The van der Waals surface area contributed by atoms with Crippen LogP contribution < -0.4 is 0 Å². The van der Waals surface area contributed by atoms with Gasteiger partial charge in [0.1, 0.15) is 0 Å². The molecule has 0 aromatic carbocycles. The number of hydrogen-bond acceptors (Lipinski definition) is 2. The fourth-order valence-corrected chi connectivity index (χ4v) is 0.476. The summed E-state index contributed by atoms with van der Waals surface area (Å²) in [4.78, 5) is 10.5. The minimum absolute atomic E-state index is 0.0592. The van der Waals surface area contributed by atoms with Gasteiger partial charge in [-0.15, -0.1) is 0 Å². The quantitative estimate of drug-likeness (QED) is 0.502. The molecule has 3 heteroatoms. The summed E-state index contributed by atoms with van der Waals surface area (Å²) in [5.74, 6) is -0.0958. The Morgan fingerprint density at radius 2 is 2.38 bits per heavy atom. The topological polar surface area (TPSA) is 26.3 Å². The van der Waals surface area contributed by atoms with Crippen molar-refractivity contribution in [3.63, 3.8) is 0 Å². The van der Waals surface area contributed by atoms with E-state index in [1.807, 2.05) is 13.8 Å². The third-order valence-corrected chi connectivity index (χ3v) is 1.23. The zero-order valence-corrected chi connectivity index (χ0v) is 7.60. The predicted octanol–water partition coefficient (Wildman–Crippen LogP) is 0.259. The Kier molecular flexibility index (Phi) is 4.30. The van der Waals surface area contributed by atoms with Gasteiger partial charge in [0.25, 0.3) is 0 Å². The van der Waals surface area contributed by atoms with Crippen LogP contribution >= 0.6 is 0 Å². The maximum atomic E-state index is 10.5. The first-order valence-corrected chi connectivity index (χ1v) is 4.00. The van der Waals surface area contributed by atoms with Gasteiger partial charge in [-0.05, 0) is 0 Å². The average Bonchev–Trinajstić information content (AvgIpc) is 1.67. The molecular weight excluding hydrogens is 220 g/mol. The van der Waals surface area contributed by atoms with Crippen LogP contribution in [0.5, 0.6) is 0 Å². The van der Waals surface area contributed by atoms with Crippen molar-refractivity contribution in [3.05, 3.63) is 0 Å². The SMILES string of the molecule is CCOC(=O)C(C)[TeH]. The molecule has 0 saturated heterocycles. The van der Waals surface area contributed by atoms with E-state index < -0.39 is 0 Å². The van der Waals surface area contributed by atoms with Crippen LogP contribution in [0.2, 0.25) is 3.97 Å². The van der Waals surface area contributed by atoms with Crippen molar-refractivity contribution in [2.45, 2.75) is 17.8 Å². The monoisotopic (exact) mass is 232 g/mol. The second-order valence-corrected chi connectivity index (χ2v) is 3.64. The molecule has 0 aromatic heterocycles. The molecule has 0 aliphatic carbocycles. The van der Waals surface area contributed by atoms with E-state index in [0.717, 1.165) is 0 Å². The van der Waals surface area contributed by atoms with Crippen LogP contribution in [0, 0.1) is 0 Å². The molecule has 2 nitrogen and oxygen atoms in total. The van der Waals surface area contributed by atoms with E-state index in [2.05, 4.69) is 4.74 Å². The molecule has 0 heterocycles. The molecule has 0 saturated carbocycles. The number of ether oxygens (including phenoxy) is 1. The van der Waals surface area contributed by atoms with Crippen molar-refractivity contribution in [3.8, 4) is 0 Å². The zero-order chi connectivity index (χ0) is 6.57. The molecule has 0 amide bonds. The van der Waals surface area contributed by atoms with Crippen LogP contribution in [-0.2, 0) is 9.53 Å². The van der Waals surface area contributed by atoms with E-state index in [0.29, 0.717) is 6.61 Å². The number of rotatable bonds is 2. The minimum atomic E-state index is -0.0958. The van der Waals surface area contributed by atoms with Gasteiger partial charge < -0.3 is 0 Å². The van der Waals surface area contributed by atoms with Gasteiger partial charge in [-0.3, -0.25) is 0 Å². The van der Waals surface area contributed by atoms with Gasteiger partial charge in [0.15, 0.2) is 0 Å². The van der Waals surface area contributed by atoms with Crippen LogP contribution in [-0.4, -0.2) is 34.9 Å². The summed E-state index contributed by atoms with van der Waals surface area (Å²) in [6.07, 6.45) is 0. The second kappa shape index (κ2) is 4.17. The molecule has 0 aliphatic rings. The normalized spacial score (nSPS) is 12.9. The third kappa shape index (κ3) is 3.29. The van der Waals surface area contributed by atoms with Crippen LogP contribution in [0.3, 0.4) is 0 Å². The van der Waals surface area contributed by atoms with Gasteiger partial charge in [0.2, 0.25) is 0 Å². The van der Waals surface area contributed by atoms with Crippen LogP contribution in [0.15, 0.2) is 0 Å². The first kappa shape index (κ1) is 8.26. The molecular formula is C5H10O2Te. The van der Waals surface area contributed by atoms with E-state index in [1.165, 1.54) is 22.3 Å². The molecule has 1 atom stereocenters. The summed E-state index contributed by atoms with van der Waals surface area (Å²) in [5.41, 5.74) is 0. The maximum absolute atomic E-state index is 10.5. The molecule has 1 unspecified atom stereocenters. The number of hydrogen-bond donors (Lipinski definition) is 0. The first-order chi connectivity index (χ1) is 3.68. The Labute approximate surface area is 62.5 Å².